The lowest BCUT2D eigenvalue weighted by atomic mass is 10.1. The van der Waals surface area contributed by atoms with Crippen LogP contribution in [0.3, 0.4) is 0 Å². The average Bonchev–Trinajstić information content (AvgIpc) is 2.35. The second-order valence-electron chi connectivity index (χ2n) is 4.24. The molecule has 0 spiro atoms. The van der Waals surface area contributed by atoms with Gasteiger partial charge in [0.1, 0.15) is 5.82 Å². The second-order valence-corrected chi connectivity index (χ2v) is 4.24. The standard InChI is InChI=1S/C12H17FN2O2/c13-10-1-2-11(16)12(17)9(10)3-6-15-7-4-14-5-8-15/h1-2,14,16-17H,3-8H2. The normalized spacial score (nSPS) is 17.2. The van der Waals surface area contributed by atoms with Gasteiger partial charge in [0.15, 0.2) is 11.5 Å². The maximum Gasteiger partial charge on any atom is 0.163 e. The number of phenols is 2. The summed E-state index contributed by atoms with van der Waals surface area (Å²) >= 11 is 0. The summed E-state index contributed by atoms with van der Waals surface area (Å²) in [5.41, 5.74) is 0.198. The highest BCUT2D eigenvalue weighted by Gasteiger charge is 2.15. The molecule has 1 aromatic carbocycles. The van der Waals surface area contributed by atoms with Gasteiger partial charge in [0.05, 0.1) is 0 Å². The molecule has 1 aliphatic heterocycles. The van der Waals surface area contributed by atoms with Crippen LogP contribution in [0, 0.1) is 5.82 Å². The third-order valence-corrected chi connectivity index (χ3v) is 3.09. The quantitative estimate of drug-likeness (QED) is 0.680. The molecule has 1 aromatic rings. The number of nitrogens with zero attached hydrogens (tertiary/aromatic N) is 1. The molecule has 4 nitrogen and oxygen atoms in total. The molecule has 0 aromatic heterocycles. The number of phenolic OH excluding ortho intramolecular Hbond substituents is 2. The Labute approximate surface area is 99.7 Å². The molecule has 0 radical (unpaired) electrons. The second kappa shape index (κ2) is 5.33. The van der Waals surface area contributed by atoms with Crippen molar-refractivity contribution in [3.63, 3.8) is 0 Å². The molecule has 0 atom stereocenters. The van der Waals surface area contributed by atoms with Crippen LogP contribution < -0.4 is 5.32 Å². The van der Waals surface area contributed by atoms with Gasteiger partial charge in [0.2, 0.25) is 0 Å². The average molecular weight is 240 g/mol. The summed E-state index contributed by atoms with van der Waals surface area (Å²) in [5, 5.41) is 22.1. The molecule has 0 unspecified atom stereocenters. The van der Waals surface area contributed by atoms with E-state index >= 15 is 0 Å². The van der Waals surface area contributed by atoms with Crippen molar-refractivity contribution in [1.82, 2.24) is 10.2 Å². The largest absolute Gasteiger partial charge is 0.504 e. The SMILES string of the molecule is Oc1ccc(F)c(CCN2CCNCC2)c1O. The van der Waals surface area contributed by atoms with Crippen molar-refractivity contribution < 1.29 is 14.6 Å². The fraction of sp³-hybridized carbons (Fsp3) is 0.500. The number of hydrogen-bond acceptors (Lipinski definition) is 4. The van der Waals surface area contributed by atoms with Gasteiger partial charge in [-0.2, -0.15) is 0 Å². The van der Waals surface area contributed by atoms with Crippen LogP contribution in [0.1, 0.15) is 5.56 Å². The van der Waals surface area contributed by atoms with Crippen molar-refractivity contribution >= 4 is 0 Å². The van der Waals surface area contributed by atoms with Gasteiger partial charge in [0.25, 0.3) is 0 Å². The molecule has 0 saturated carbocycles. The monoisotopic (exact) mass is 240 g/mol. The highest BCUT2D eigenvalue weighted by atomic mass is 19.1. The molecule has 1 saturated heterocycles. The van der Waals surface area contributed by atoms with E-state index in [1.807, 2.05) is 0 Å². The van der Waals surface area contributed by atoms with E-state index in [1.165, 1.54) is 12.1 Å². The highest BCUT2D eigenvalue weighted by Crippen LogP contribution is 2.30. The summed E-state index contributed by atoms with van der Waals surface area (Å²) in [6.45, 7) is 4.43. The van der Waals surface area contributed by atoms with E-state index < -0.39 is 5.82 Å². The molecular weight excluding hydrogens is 223 g/mol. The van der Waals surface area contributed by atoms with Gasteiger partial charge < -0.3 is 20.4 Å². The van der Waals surface area contributed by atoms with Crippen molar-refractivity contribution in [2.45, 2.75) is 6.42 Å². The molecule has 0 amide bonds. The van der Waals surface area contributed by atoms with Gasteiger partial charge in [-0.3, -0.25) is 0 Å². The zero-order chi connectivity index (χ0) is 12.3. The van der Waals surface area contributed by atoms with Crippen molar-refractivity contribution in [2.24, 2.45) is 0 Å². The molecule has 94 valence electrons. The molecule has 5 heteroatoms. The number of rotatable bonds is 3. The van der Waals surface area contributed by atoms with Gasteiger partial charge in [-0.15, -0.1) is 0 Å². The molecule has 2 rings (SSSR count). The van der Waals surface area contributed by atoms with Crippen molar-refractivity contribution in [3.05, 3.63) is 23.5 Å². The number of hydrogen-bond donors (Lipinski definition) is 3. The van der Waals surface area contributed by atoms with Gasteiger partial charge in [-0.05, 0) is 18.6 Å². The minimum Gasteiger partial charge on any atom is -0.504 e. The Morgan fingerprint density at radius 1 is 1.24 bits per heavy atom. The van der Waals surface area contributed by atoms with E-state index in [2.05, 4.69) is 10.2 Å². The lowest BCUT2D eigenvalue weighted by Crippen LogP contribution is -2.44. The van der Waals surface area contributed by atoms with E-state index in [1.54, 1.807) is 0 Å². The zero-order valence-electron chi connectivity index (χ0n) is 9.62. The van der Waals surface area contributed by atoms with Gasteiger partial charge in [0, 0.05) is 38.3 Å². The summed E-state index contributed by atoms with van der Waals surface area (Å²) in [5.74, 6) is -1.06. The van der Waals surface area contributed by atoms with E-state index in [-0.39, 0.29) is 17.1 Å². The molecule has 1 aliphatic rings. The van der Waals surface area contributed by atoms with Gasteiger partial charge in [-0.25, -0.2) is 4.39 Å². The smallest absolute Gasteiger partial charge is 0.163 e. The first-order chi connectivity index (χ1) is 8.18. The van der Waals surface area contributed by atoms with E-state index in [9.17, 15) is 14.6 Å². The number of nitrogens with one attached hydrogen (secondary N) is 1. The van der Waals surface area contributed by atoms with Gasteiger partial charge in [-0.1, -0.05) is 0 Å². The molecular formula is C12H17FN2O2. The maximum absolute atomic E-state index is 13.5. The van der Waals surface area contributed by atoms with E-state index in [0.717, 1.165) is 26.2 Å². The van der Waals surface area contributed by atoms with Crippen molar-refractivity contribution in [3.8, 4) is 11.5 Å². The third-order valence-electron chi connectivity index (χ3n) is 3.09. The van der Waals surface area contributed by atoms with Crippen LogP contribution in [-0.2, 0) is 6.42 Å². The first kappa shape index (κ1) is 12.1. The molecule has 0 bridgehead atoms. The summed E-state index contributed by atoms with van der Waals surface area (Å²) in [4.78, 5) is 2.21. The number of piperazine rings is 1. The van der Waals surface area contributed by atoms with Gasteiger partial charge >= 0.3 is 0 Å². The molecule has 3 N–H and O–H groups in total. The minimum atomic E-state index is -0.463. The number of halogens is 1. The molecule has 1 heterocycles. The van der Waals surface area contributed by atoms with Crippen LogP contribution in [0.25, 0.3) is 0 Å². The summed E-state index contributed by atoms with van der Waals surface area (Å²) < 4.78 is 13.5. The van der Waals surface area contributed by atoms with Crippen LogP contribution in [0.15, 0.2) is 12.1 Å². The Morgan fingerprint density at radius 3 is 2.65 bits per heavy atom. The molecule has 17 heavy (non-hydrogen) atoms. The summed E-state index contributed by atoms with van der Waals surface area (Å²) in [6, 6.07) is 2.35. The zero-order valence-corrected chi connectivity index (χ0v) is 9.62. The van der Waals surface area contributed by atoms with Crippen LogP contribution in [-0.4, -0.2) is 47.8 Å². The third kappa shape index (κ3) is 2.87. The Hall–Kier alpha value is -1.33. The van der Waals surface area contributed by atoms with Crippen molar-refractivity contribution in [2.75, 3.05) is 32.7 Å². The number of aromatic hydroxyl groups is 2. The molecule has 1 fully saturated rings. The first-order valence-electron chi connectivity index (χ1n) is 5.81. The first-order valence-corrected chi connectivity index (χ1v) is 5.81. The fourth-order valence-corrected chi connectivity index (χ4v) is 2.04. The van der Waals surface area contributed by atoms with Crippen molar-refractivity contribution in [1.29, 1.82) is 0 Å². The van der Waals surface area contributed by atoms with Crippen LogP contribution in [0.2, 0.25) is 0 Å². The lowest BCUT2D eigenvalue weighted by molar-refractivity contribution is 0.242. The van der Waals surface area contributed by atoms with Crippen LogP contribution >= 0.6 is 0 Å². The summed E-state index contributed by atoms with van der Waals surface area (Å²) in [7, 11) is 0. The minimum absolute atomic E-state index is 0.198. The predicted octanol–water partition coefficient (Wildman–Crippen LogP) is 0.685. The Morgan fingerprint density at radius 2 is 1.94 bits per heavy atom. The van der Waals surface area contributed by atoms with E-state index in [0.29, 0.717) is 13.0 Å². The fourth-order valence-electron chi connectivity index (χ4n) is 2.04. The topological polar surface area (TPSA) is 55.7 Å². The van der Waals surface area contributed by atoms with E-state index in [4.69, 9.17) is 0 Å². The summed E-state index contributed by atoms with van der Waals surface area (Å²) in [6.07, 6.45) is 0.409. The Balaban J connectivity index is 2.00. The Bertz CT molecular complexity index is 392. The van der Waals surface area contributed by atoms with Crippen LogP contribution in [0.4, 0.5) is 4.39 Å². The highest BCUT2D eigenvalue weighted by molar-refractivity contribution is 5.45. The predicted molar refractivity (Wildman–Crippen MR) is 62.7 cm³/mol. The Kier molecular flexibility index (Phi) is 3.81. The van der Waals surface area contributed by atoms with Crippen LogP contribution in [0.5, 0.6) is 11.5 Å². The number of benzene rings is 1. The lowest BCUT2D eigenvalue weighted by Gasteiger charge is -2.27. The maximum atomic E-state index is 13.5. The molecule has 0 aliphatic carbocycles.